The molecule has 3 aromatic carbocycles. The van der Waals surface area contributed by atoms with Crippen molar-refractivity contribution < 1.29 is 10.2 Å². The standard InChI is InChI=1S/C18H14O3/c1-11-8-16(19)18(21)17(20)10-15(11)14-7-6-12-4-2-3-5-13(12)9-14/h2-10H,1H3,(H2,19,20,21). The lowest BCUT2D eigenvalue weighted by Crippen LogP contribution is -1.94. The Labute approximate surface area is 121 Å². The first kappa shape index (κ1) is 13.2. The zero-order valence-electron chi connectivity index (χ0n) is 11.5. The molecule has 0 fully saturated rings. The van der Waals surface area contributed by atoms with E-state index < -0.39 is 16.9 Å². The minimum Gasteiger partial charge on any atom is -0.504 e. The van der Waals surface area contributed by atoms with Crippen LogP contribution in [0.3, 0.4) is 0 Å². The van der Waals surface area contributed by atoms with Crippen LogP contribution in [0.4, 0.5) is 0 Å². The van der Waals surface area contributed by atoms with E-state index in [0.717, 1.165) is 27.5 Å². The first-order valence-electron chi connectivity index (χ1n) is 6.62. The van der Waals surface area contributed by atoms with Crippen molar-refractivity contribution in [3.05, 3.63) is 70.4 Å². The summed E-state index contributed by atoms with van der Waals surface area (Å²) in [6.45, 7) is 1.79. The third-order valence-electron chi connectivity index (χ3n) is 3.58. The van der Waals surface area contributed by atoms with Gasteiger partial charge in [-0.25, -0.2) is 0 Å². The van der Waals surface area contributed by atoms with E-state index in [-0.39, 0.29) is 0 Å². The van der Waals surface area contributed by atoms with Crippen LogP contribution in [0.25, 0.3) is 21.9 Å². The minimum atomic E-state index is -0.759. The fraction of sp³-hybridized carbons (Fsp3) is 0.0556. The molecule has 3 heteroatoms. The van der Waals surface area contributed by atoms with Gasteiger partial charge in [0.2, 0.25) is 0 Å². The van der Waals surface area contributed by atoms with Gasteiger partial charge in [-0.3, -0.25) is 4.79 Å². The van der Waals surface area contributed by atoms with Crippen LogP contribution in [0, 0.1) is 6.92 Å². The van der Waals surface area contributed by atoms with Gasteiger partial charge in [0.05, 0.1) is 0 Å². The molecule has 0 heterocycles. The van der Waals surface area contributed by atoms with Gasteiger partial charge in [-0.05, 0) is 52.6 Å². The highest BCUT2D eigenvalue weighted by Gasteiger charge is 2.08. The zero-order valence-corrected chi connectivity index (χ0v) is 11.5. The van der Waals surface area contributed by atoms with Crippen molar-refractivity contribution >= 4 is 10.8 Å². The second-order valence-electron chi connectivity index (χ2n) is 5.05. The van der Waals surface area contributed by atoms with Crippen molar-refractivity contribution in [2.75, 3.05) is 0 Å². The Morgan fingerprint density at radius 3 is 2.24 bits per heavy atom. The van der Waals surface area contributed by atoms with Gasteiger partial charge in [0.15, 0.2) is 11.5 Å². The van der Waals surface area contributed by atoms with Crippen LogP contribution in [0.2, 0.25) is 0 Å². The summed E-state index contributed by atoms with van der Waals surface area (Å²) in [5.74, 6) is -0.902. The molecular formula is C18H14O3. The van der Waals surface area contributed by atoms with E-state index in [1.807, 2.05) is 42.5 Å². The van der Waals surface area contributed by atoms with Crippen LogP contribution in [-0.2, 0) is 0 Å². The Hall–Kier alpha value is -2.81. The molecule has 0 aliphatic carbocycles. The molecule has 3 nitrogen and oxygen atoms in total. The highest BCUT2D eigenvalue weighted by molar-refractivity contribution is 5.87. The Kier molecular flexibility index (Phi) is 3.10. The maximum absolute atomic E-state index is 11.6. The molecule has 0 radical (unpaired) electrons. The summed E-state index contributed by atoms with van der Waals surface area (Å²) in [6.07, 6.45) is 0. The van der Waals surface area contributed by atoms with Crippen molar-refractivity contribution in [2.45, 2.75) is 6.92 Å². The van der Waals surface area contributed by atoms with Gasteiger partial charge in [0.1, 0.15) is 0 Å². The Morgan fingerprint density at radius 2 is 1.48 bits per heavy atom. The van der Waals surface area contributed by atoms with Crippen molar-refractivity contribution in [3.8, 4) is 22.6 Å². The predicted molar refractivity (Wildman–Crippen MR) is 83.7 cm³/mol. The van der Waals surface area contributed by atoms with Crippen molar-refractivity contribution in [1.82, 2.24) is 0 Å². The Bertz CT molecular complexity index is 898. The van der Waals surface area contributed by atoms with E-state index in [4.69, 9.17) is 0 Å². The van der Waals surface area contributed by atoms with Crippen molar-refractivity contribution in [2.24, 2.45) is 0 Å². The average molecular weight is 278 g/mol. The molecule has 0 amide bonds. The van der Waals surface area contributed by atoms with E-state index in [9.17, 15) is 15.0 Å². The molecule has 0 spiro atoms. The fourth-order valence-corrected chi connectivity index (χ4v) is 2.46. The molecule has 0 saturated heterocycles. The maximum Gasteiger partial charge on any atom is 0.261 e. The fourth-order valence-electron chi connectivity index (χ4n) is 2.46. The van der Waals surface area contributed by atoms with Crippen LogP contribution >= 0.6 is 0 Å². The largest absolute Gasteiger partial charge is 0.504 e. The van der Waals surface area contributed by atoms with E-state index in [1.54, 1.807) is 6.92 Å². The molecule has 3 rings (SSSR count). The van der Waals surface area contributed by atoms with Crippen LogP contribution in [-0.4, -0.2) is 10.2 Å². The van der Waals surface area contributed by atoms with Crippen LogP contribution < -0.4 is 5.43 Å². The van der Waals surface area contributed by atoms with Crippen LogP contribution in [0.15, 0.2) is 59.4 Å². The highest BCUT2D eigenvalue weighted by atomic mass is 16.3. The molecule has 2 N–H and O–H groups in total. The summed E-state index contributed by atoms with van der Waals surface area (Å²) in [4.78, 5) is 11.6. The molecule has 0 aliphatic heterocycles. The number of benzene rings is 2. The molecule has 104 valence electrons. The monoisotopic (exact) mass is 278 g/mol. The molecule has 0 bridgehead atoms. The predicted octanol–water partition coefficient (Wildman–Crippen LogP) is 3.59. The van der Waals surface area contributed by atoms with E-state index in [1.165, 1.54) is 12.1 Å². The number of aryl methyl sites for hydroxylation is 1. The number of fused-ring (bicyclic) bond motifs is 1. The van der Waals surface area contributed by atoms with E-state index in [2.05, 4.69) is 0 Å². The second kappa shape index (κ2) is 4.94. The normalized spacial score (nSPS) is 10.7. The van der Waals surface area contributed by atoms with E-state index >= 15 is 0 Å². The van der Waals surface area contributed by atoms with Gasteiger partial charge in [-0.1, -0.05) is 36.4 Å². The van der Waals surface area contributed by atoms with Crippen LogP contribution in [0.5, 0.6) is 11.5 Å². The molecule has 0 unspecified atom stereocenters. The van der Waals surface area contributed by atoms with Gasteiger partial charge in [-0.15, -0.1) is 0 Å². The molecular weight excluding hydrogens is 264 g/mol. The number of rotatable bonds is 1. The quantitative estimate of drug-likeness (QED) is 0.715. The first-order chi connectivity index (χ1) is 10.1. The SMILES string of the molecule is Cc1cc(O)c(=O)c(O)cc1-c1ccc2ccccc2c1. The van der Waals surface area contributed by atoms with Gasteiger partial charge >= 0.3 is 0 Å². The molecule has 0 atom stereocenters. The van der Waals surface area contributed by atoms with Crippen molar-refractivity contribution in [1.29, 1.82) is 0 Å². The smallest absolute Gasteiger partial charge is 0.261 e. The highest BCUT2D eigenvalue weighted by Crippen LogP contribution is 2.29. The first-order valence-corrected chi connectivity index (χ1v) is 6.62. The summed E-state index contributed by atoms with van der Waals surface area (Å²) in [7, 11) is 0. The Morgan fingerprint density at radius 1 is 0.810 bits per heavy atom. The number of hydrogen-bond donors (Lipinski definition) is 2. The van der Waals surface area contributed by atoms with Crippen LogP contribution in [0.1, 0.15) is 5.56 Å². The van der Waals surface area contributed by atoms with Gasteiger partial charge in [0, 0.05) is 0 Å². The number of hydrogen-bond acceptors (Lipinski definition) is 3. The van der Waals surface area contributed by atoms with E-state index in [0.29, 0.717) is 0 Å². The summed E-state index contributed by atoms with van der Waals surface area (Å²) in [5, 5.41) is 21.6. The summed E-state index contributed by atoms with van der Waals surface area (Å²) in [5.41, 5.74) is 1.57. The summed E-state index contributed by atoms with van der Waals surface area (Å²) < 4.78 is 0. The summed E-state index contributed by atoms with van der Waals surface area (Å²) in [6, 6.07) is 16.7. The minimum absolute atomic E-state index is 0.447. The number of aromatic hydroxyl groups is 2. The lowest BCUT2D eigenvalue weighted by atomic mass is 9.99. The second-order valence-corrected chi connectivity index (χ2v) is 5.05. The lowest BCUT2D eigenvalue weighted by Gasteiger charge is -2.05. The molecule has 21 heavy (non-hydrogen) atoms. The average Bonchev–Trinajstić information content (AvgIpc) is 2.59. The molecule has 3 aromatic rings. The molecule has 0 aromatic heterocycles. The Balaban J connectivity index is 2.30. The maximum atomic E-state index is 11.6. The topological polar surface area (TPSA) is 57.5 Å². The third-order valence-corrected chi connectivity index (χ3v) is 3.58. The lowest BCUT2D eigenvalue weighted by molar-refractivity contribution is 0.445. The van der Waals surface area contributed by atoms with Crippen molar-refractivity contribution in [3.63, 3.8) is 0 Å². The summed E-state index contributed by atoms with van der Waals surface area (Å²) >= 11 is 0. The molecule has 0 aliphatic rings. The van der Waals surface area contributed by atoms with Gasteiger partial charge < -0.3 is 10.2 Å². The van der Waals surface area contributed by atoms with Gasteiger partial charge in [-0.2, -0.15) is 0 Å². The third kappa shape index (κ3) is 2.34. The molecule has 0 saturated carbocycles. The zero-order chi connectivity index (χ0) is 15.0. The van der Waals surface area contributed by atoms with Gasteiger partial charge in [0.25, 0.3) is 5.43 Å².